The van der Waals surface area contributed by atoms with Crippen molar-refractivity contribution in [2.75, 3.05) is 13.1 Å². The number of nitrogens with zero attached hydrogens (tertiary/aromatic N) is 2. The predicted octanol–water partition coefficient (Wildman–Crippen LogP) is 3.23. The maximum Gasteiger partial charge on any atom is 0.345 e. The Labute approximate surface area is 136 Å². The molecule has 3 heterocycles. The summed E-state index contributed by atoms with van der Waals surface area (Å²) in [6, 6.07) is 3.10. The van der Waals surface area contributed by atoms with Gasteiger partial charge in [0.25, 0.3) is 5.91 Å². The maximum atomic E-state index is 12.5. The van der Waals surface area contributed by atoms with E-state index < -0.39 is 5.97 Å². The number of hydrogen-bond acceptors (Lipinski definition) is 5. The summed E-state index contributed by atoms with van der Waals surface area (Å²) in [5, 5.41) is 12.1. The molecule has 0 saturated carbocycles. The van der Waals surface area contributed by atoms with Crippen LogP contribution in [0, 0.1) is 6.92 Å². The number of carbonyl (C=O) groups is 2. The number of hydrogen-bond donors (Lipinski definition) is 1. The summed E-state index contributed by atoms with van der Waals surface area (Å²) in [4.78, 5) is 30.5. The highest BCUT2D eigenvalue weighted by Crippen LogP contribution is 2.30. The van der Waals surface area contributed by atoms with Gasteiger partial charge in [-0.15, -0.1) is 22.7 Å². The second kappa shape index (κ2) is 6.18. The molecule has 2 aromatic rings. The number of aromatic nitrogens is 1. The summed E-state index contributed by atoms with van der Waals surface area (Å²) in [5.41, 5.74) is 1.02. The highest BCUT2D eigenvalue weighted by molar-refractivity contribution is 7.15. The Kier molecular flexibility index (Phi) is 4.26. The minimum Gasteiger partial charge on any atom is -0.477 e. The van der Waals surface area contributed by atoms with Crippen molar-refractivity contribution < 1.29 is 14.7 Å². The van der Waals surface area contributed by atoms with Gasteiger partial charge in [-0.3, -0.25) is 4.79 Å². The molecule has 1 atom stereocenters. The van der Waals surface area contributed by atoms with E-state index in [0.717, 1.165) is 41.4 Å². The first-order chi connectivity index (χ1) is 10.5. The van der Waals surface area contributed by atoms with E-state index in [1.165, 1.54) is 6.07 Å². The van der Waals surface area contributed by atoms with Crippen LogP contribution in [0.5, 0.6) is 0 Å². The highest BCUT2D eigenvalue weighted by atomic mass is 32.1. The average molecular weight is 336 g/mol. The predicted molar refractivity (Wildman–Crippen MR) is 86.0 cm³/mol. The Morgan fingerprint density at radius 1 is 1.36 bits per heavy atom. The van der Waals surface area contributed by atoms with Crippen LogP contribution < -0.4 is 0 Å². The van der Waals surface area contributed by atoms with Crippen LogP contribution in [-0.2, 0) is 0 Å². The number of aromatic carboxylic acids is 1. The molecule has 2 aromatic heterocycles. The van der Waals surface area contributed by atoms with Gasteiger partial charge in [-0.2, -0.15) is 0 Å². The molecule has 1 aliphatic heterocycles. The van der Waals surface area contributed by atoms with Crippen molar-refractivity contribution in [3.05, 3.63) is 38.0 Å². The number of thiophene rings is 1. The molecule has 0 spiro atoms. The van der Waals surface area contributed by atoms with Crippen molar-refractivity contribution in [3.8, 4) is 0 Å². The van der Waals surface area contributed by atoms with Gasteiger partial charge in [0.05, 0.1) is 9.88 Å². The smallest absolute Gasteiger partial charge is 0.345 e. The fraction of sp³-hybridized carbons (Fsp3) is 0.400. The lowest BCUT2D eigenvalue weighted by Crippen LogP contribution is -2.38. The van der Waals surface area contributed by atoms with Crippen LogP contribution in [0.1, 0.15) is 48.8 Å². The van der Waals surface area contributed by atoms with Crippen LogP contribution in [0.25, 0.3) is 0 Å². The van der Waals surface area contributed by atoms with E-state index in [-0.39, 0.29) is 16.7 Å². The van der Waals surface area contributed by atoms with Gasteiger partial charge in [0.2, 0.25) is 0 Å². The van der Waals surface area contributed by atoms with Gasteiger partial charge in [-0.25, -0.2) is 9.78 Å². The van der Waals surface area contributed by atoms with E-state index in [2.05, 4.69) is 4.98 Å². The van der Waals surface area contributed by atoms with Crippen LogP contribution in [0.15, 0.2) is 17.5 Å². The summed E-state index contributed by atoms with van der Waals surface area (Å²) < 4.78 is 0. The lowest BCUT2D eigenvalue weighted by atomic mass is 9.98. The first-order valence-electron chi connectivity index (χ1n) is 7.09. The summed E-state index contributed by atoms with van der Waals surface area (Å²) in [5.74, 6) is -0.774. The SMILES string of the molecule is Cc1csc(C2CCCN(C(=O)c3ccc(C(=O)O)s3)C2)n1. The summed E-state index contributed by atoms with van der Waals surface area (Å²) >= 11 is 2.69. The molecule has 1 saturated heterocycles. The van der Waals surface area contributed by atoms with Gasteiger partial charge < -0.3 is 10.0 Å². The Balaban J connectivity index is 1.73. The summed E-state index contributed by atoms with van der Waals surface area (Å²) in [6.07, 6.45) is 1.99. The number of likely N-dealkylation sites (tertiary alicyclic amines) is 1. The van der Waals surface area contributed by atoms with E-state index >= 15 is 0 Å². The van der Waals surface area contributed by atoms with Crippen LogP contribution in [-0.4, -0.2) is 40.0 Å². The van der Waals surface area contributed by atoms with Gasteiger partial charge >= 0.3 is 5.97 Å². The second-order valence-electron chi connectivity index (χ2n) is 5.39. The summed E-state index contributed by atoms with van der Waals surface area (Å²) in [6.45, 7) is 3.36. The largest absolute Gasteiger partial charge is 0.477 e. The van der Waals surface area contributed by atoms with Crippen molar-refractivity contribution >= 4 is 34.6 Å². The first-order valence-corrected chi connectivity index (χ1v) is 8.78. The normalized spacial score (nSPS) is 18.4. The molecule has 0 aliphatic carbocycles. The zero-order valence-corrected chi connectivity index (χ0v) is 13.7. The molecular formula is C15H16N2O3S2. The molecule has 0 aromatic carbocycles. The van der Waals surface area contributed by atoms with E-state index in [9.17, 15) is 9.59 Å². The molecular weight excluding hydrogens is 320 g/mol. The van der Waals surface area contributed by atoms with Gasteiger partial charge in [0, 0.05) is 30.1 Å². The fourth-order valence-electron chi connectivity index (χ4n) is 2.65. The first kappa shape index (κ1) is 15.2. The molecule has 5 nitrogen and oxygen atoms in total. The number of amides is 1. The number of thiazole rings is 1. The number of rotatable bonds is 3. The van der Waals surface area contributed by atoms with E-state index in [1.54, 1.807) is 17.4 Å². The third kappa shape index (κ3) is 3.05. The number of carboxylic acids is 1. The molecule has 0 radical (unpaired) electrons. The van der Waals surface area contributed by atoms with Crippen molar-refractivity contribution in [1.82, 2.24) is 9.88 Å². The maximum absolute atomic E-state index is 12.5. The third-order valence-electron chi connectivity index (χ3n) is 3.72. The average Bonchev–Trinajstić information content (AvgIpc) is 3.15. The Morgan fingerprint density at radius 2 is 2.14 bits per heavy atom. The number of carboxylic acid groups (broad SMARTS) is 1. The molecule has 1 aliphatic rings. The zero-order chi connectivity index (χ0) is 15.7. The topological polar surface area (TPSA) is 70.5 Å². The number of piperidine rings is 1. The molecule has 3 rings (SSSR count). The fourth-order valence-corrected chi connectivity index (χ4v) is 4.38. The van der Waals surface area contributed by atoms with E-state index in [0.29, 0.717) is 11.4 Å². The Bertz CT molecular complexity index is 707. The number of carbonyl (C=O) groups excluding carboxylic acids is 1. The van der Waals surface area contributed by atoms with Crippen molar-refractivity contribution in [3.63, 3.8) is 0 Å². The molecule has 1 fully saturated rings. The van der Waals surface area contributed by atoms with Crippen LogP contribution in [0.3, 0.4) is 0 Å². The minimum atomic E-state index is -0.987. The molecule has 1 unspecified atom stereocenters. The van der Waals surface area contributed by atoms with Gasteiger partial charge in [-0.05, 0) is 31.9 Å². The van der Waals surface area contributed by atoms with Gasteiger partial charge in [-0.1, -0.05) is 0 Å². The lowest BCUT2D eigenvalue weighted by molar-refractivity contribution is 0.0698. The Hall–Kier alpha value is -1.73. The molecule has 1 N–H and O–H groups in total. The minimum absolute atomic E-state index is 0.0736. The molecule has 116 valence electrons. The van der Waals surface area contributed by atoms with E-state index in [4.69, 9.17) is 5.11 Å². The second-order valence-corrected chi connectivity index (χ2v) is 7.36. The van der Waals surface area contributed by atoms with Gasteiger partial charge in [0.1, 0.15) is 4.88 Å². The lowest BCUT2D eigenvalue weighted by Gasteiger charge is -2.31. The van der Waals surface area contributed by atoms with Gasteiger partial charge in [0.15, 0.2) is 0 Å². The van der Waals surface area contributed by atoms with Crippen molar-refractivity contribution in [2.45, 2.75) is 25.7 Å². The van der Waals surface area contributed by atoms with Crippen molar-refractivity contribution in [2.24, 2.45) is 0 Å². The number of aryl methyl sites for hydroxylation is 1. The standard InChI is InChI=1S/C15H16N2O3S2/c1-9-8-21-13(16-9)10-3-2-6-17(7-10)14(18)11-4-5-12(22-11)15(19)20/h4-5,8,10H,2-3,6-7H2,1H3,(H,19,20). The summed E-state index contributed by atoms with van der Waals surface area (Å²) in [7, 11) is 0. The molecule has 7 heteroatoms. The van der Waals surface area contributed by atoms with Crippen molar-refractivity contribution in [1.29, 1.82) is 0 Å². The monoisotopic (exact) mass is 336 g/mol. The third-order valence-corrected chi connectivity index (χ3v) is 5.91. The van der Waals surface area contributed by atoms with Crippen LogP contribution in [0.4, 0.5) is 0 Å². The molecule has 22 heavy (non-hydrogen) atoms. The van der Waals surface area contributed by atoms with E-state index in [1.807, 2.05) is 17.2 Å². The zero-order valence-electron chi connectivity index (χ0n) is 12.1. The highest BCUT2D eigenvalue weighted by Gasteiger charge is 2.28. The van der Waals surface area contributed by atoms with Crippen LogP contribution in [0.2, 0.25) is 0 Å². The Morgan fingerprint density at radius 3 is 2.77 bits per heavy atom. The molecule has 1 amide bonds. The van der Waals surface area contributed by atoms with Crippen LogP contribution >= 0.6 is 22.7 Å². The molecule has 0 bridgehead atoms. The quantitative estimate of drug-likeness (QED) is 0.934.